The minimum atomic E-state index is -1.53. The molecule has 0 aliphatic carbocycles. The van der Waals surface area contributed by atoms with Gasteiger partial charge in [-0.25, -0.2) is 0 Å². The van der Waals surface area contributed by atoms with E-state index < -0.39 is 24.3 Å². The predicted molar refractivity (Wildman–Crippen MR) is 90.0 cm³/mol. The molecular weight excluding hydrogens is 338 g/mol. The number of phenolic OH excluding ortho intramolecular Hbond substituents is 1. The van der Waals surface area contributed by atoms with Crippen molar-refractivity contribution in [3.05, 3.63) is 59.2 Å². The summed E-state index contributed by atoms with van der Waals surface area (Å²) >= 11 is 0. The second kappa shape index (κ2) is 6.72. The van der Waals surface area contributed by atoms with Crippen molar-refractivity contribution in [1.82, 2.24) is 4.90 Å². The third-order valence-corrected chi connectivity index (χ3v) is 3.97. The van der Waals surface area contributed by atoms with Crippen LogP contribution in [0.5, 0.6) is 11.5 Å². The molecule has 1 heterocycles. The van der Waals surface area contributed by atoms with Gasteiger partial charge in [0.15, 0.2) is 11.5 Å². The number of aromatic hydroxyl groups is 1. The smallest absolute Gasteiger partial charge is 0.261 e. The zero-order valence-electron chi connectivity index (χ0n) is 13.8. The fraction of sp³-hybridized carbons (Fsp3) is 0.105. The Labute approximate surface area is 148 Å². The van der Waals surface area contributed by atoms with Gasteiger partial charge in [-0.05, 0) is 35.4 Å². The van der Waals surface area contributed by atoms with Crippen LogP contribution in [0.4, 0.5) is 0 Å². The van der Waals surface area contributed by atoms with Crippen LogP contribution < -0.4 is 9.84 Å². The number of hydrogen-bond donors (Lipinski definition) is 1. The molecule has 0 bridgehead atoms. The van der Waals surface area contributed by atoms with Gasteiger partial charge in [-0.2, -0.15) is 0 Å². The van der Waals surface area contributed by atoms with E-state index in [0.29, 0.717) is 16.0 Å². The van der Waals surface area contributed by atoms with Crippen molar-refractivity contribution in [1.29, 1.82) is 0 Å². The van der Waals surface area contributed by atoms with Crippen LogP contribution in [0.15, 0.2) is 42.5 Å². The first-order valence-electron chi connectivity index (χ1n) is 7.66. The van der Waals surface area contributed by atoms with Crippen LogP contribution in [-0.4, -0.2) is 41.4 Å². The summed E-state index contributed by atoms with van der Waals surface area (Å²) in [5, 5.41) is 20.8. The summed E-state index contributed by atoms with van der Waals surface area (Å²) < 4.78 is 4.98. The number of carbonyl (C=O) groups excluding carboxylic acids is 3. The molecule has 2 aromatic carbocycles. The van der Waals surface area contributed by atoms with Gasteiger partial charge < -0.3 is 19.7 Å². The molecule has 1 N–H and O–H groups in total. The predicted octanol–water partition coefficient (Wildman–Crippen LogP) is 0.674. The van der Waals surface area contributed by atoms with Crippen molar-refractivity contribution in [3.8, 4) is 11.5 Å². The van der Waals surface area contributed by atoms with Gasteiger partial charge in [-0.3, -0.25) is 14.5 Å². The number of carbonyl (C=O) groups is 3. The number of phenols is 1. The van der Waals surface area contributed by atoms with Crippen molar-refractivity contribution in [2.75, 3.05) is 13.7 Å². The van der Waals surface area contributed by atoms with Crippen LogP contribution in [-0.2, 0) is 9.59 Å². The highest BCUT2D eigenvalue weighted by molar-refractivity contribution is 6.34. The largest absolute Gasteiger partial charge is 0.548 e. The minimum absolute atomic E-state index is 0.110. The van der Waals surface area contributed by atoms with Gasteiger partial charge >= 0.3 is 0 Å². The topological polar surface area (TPSA) is 107 Å². The first-order chi connectivity index (χ1) is 12.4. The number of carboxylic acids is 1. The average Bonchev–Trinajstić information content (AvgIpc) is 2.62. The maximum atomic E-state index is 12.7. The summed E-state index contributed by atoms with van der Waals surface area (Å²) in [6.07, 6.45) is 1.48. The molecule has 0 atom stereocenters. The van der Waals surface area contributed by atoms with Crippen LogP contribution >= 0.6 is 0 Å². The molecule has 7 heteroatoms. The Hall–Kier alpha value is -3.61. The quantitative estimate of drug-likeness (QED) is 0.640. The van der Waals surface area contributed by atoms with Crippen LogP contribution in [0.1, 0.15) is 21.5 Å². The third-order valence-electron chi connectivity index (χ3n) is 3.97. The summed E-state index contributed by atoms with van der Waals surface area (Å²) in [4.78, 5) is 36.7. The van der Waals surface area contributed by atoms with Gasteiger partial charge in [-0.15, -0.1) is 0 Å². The van der Waals surface area contributed by atoms with E-state index in [1.165, 1.54) is 31.4 Å². The van der Waals surface area contributed by atoms with Gasteiger partial charge in [0.2, 0.25) is 0 Å². The average molecular weight is 352 g/mol. The highest BCUT2D eigenvalue weighted by Gasteiger charge is 2.34. The van der Waals surface area contributed by atoms with Gasteiger partial charge in [0.25, 0.3) is 11.8 Å². The Morgan fingerprint density at radius 2 is 1.85 bits per heavy atom. The highest BCUT2D eigenvalue weighted by Crippen LogP contribution is 2.32. The molecule has 0 saturated heterocycles. The van der Waals surface area contributed by atoms with Crippen LogP contribution in [0.3, 0.4) is 0 Å². The number of nitrogens with zero attached hydrogens (tertiary/aromatic N) is 1. The lowest BCUT2D eigenvalue weighted by atomic mass is 9.92. The maximum absolute atomic E-state index is 12.7. The summed E-state index contributed by atoms with van der Waals surface area (Å²) in [5.41, 5.74) is 1.25. The molecule has 2 amide bonds. The fourth-order valence-corrected chi connectivity index (χ4v) is 2.78. The summed E-state index contributed by atoms with van der Waals surface area (Å²) in [6, 6.07) is 11.0. The number of fused-ring (bicyclic) bond motifs is 1. The zero-order chi connectivity index (χ0) is 18.8. The molecule has 7 nitrogen and oxygen atoms in total. The Bertz CT molecular complexity index is 947. The number of hydrogen-bond acceptors (Lipinski definition) is 6. The monoisotopic (exact) mass is 352 g/mol. The number of aliphatic carboxylic acids is 1. The van der Waals surface area contributed by atoms with Crippen LogP contribution in [0.25, 0.3) is 11.6 Å². The van der Waals surface area contributed by atoms with Crippen LogP contribution in [0, 0.1) is 0 Å². The molecule has 1 aliphatic heterocycles. The van der Waals surface area contributed by atoms with Gasteiger partial charge in [0, 0.05) is 11.1 Å². The Balaban J connectivity index is 2.13. The highest BCUT2D eigenvalue weighted by atomic mass is 16.5. The standard InChI is InChI=1S/C19H15NO6/c1-26-16-7-6-11(9-15(16)21)8-14-12-4-2-3-5-13(12)18(24)20(19(14)25)10-17(22)23/h2-9,21H,10H2,1H3,(H,22,23)/p-1/b14-8-. The molecule has 1 aliphatic rings. The van der Waals surface area contributed by atoms with Gasteiger partial charge in [0.05, 0.1) is 19.6 Å². The molecule has 132 valence electrons. The molecule has 0 unspecified atom stereocenters. The van der Waals surface area contributed by atoms with E-state index >= 15 is 0 Å². The maximum Gasteiger partial charge on any atom is 0.261 e. The third kappa shape index (κ3) is 3.02. The first-order valence-corrected chi connectivity index (χ1v) is 7.66. The lowest BCUT2D eigenvalue weighted by Crippen LogP contribution is -2.47. The Kier molecular flexibility index (Phi) is 4.45. The number of imide groups is 1. The summed E-state index contributed by atoms with van der Waals surface area (Å²) in [7, 11) is 1.41. The lowest BCUT2D eigenvalue weighted by Gasteiger charge is -2.28. The number of ether oxygens (including phenoxy) is 1. The molecule has 0 spiro atoms. The summed E-state index contributed by atoms with van der Waals surface area (Å²) in [6.45, 7) is -0.836. The van der Waals surface area contributed by atoms with Crippen molar-refractivity contribution in [3.63, 3.8) is 0 Å². The second-order valence-electron chi connectivity index (χ2n) is 5.60. The normalized spacial score (nSPS) is 15.1. The molecule has 3 rings (SSSR count). The Morgan fingerprint density at radius 3 is 2.46 bits per heavy atom. The van der Waals surface area contributed by atoms with E-state index in [4.69, 9.17) is 4.74 Å². The zero-order valence-corrected chi connectivity index (χ0v) is 13.8. The lowest BCUT2D eigenvalue weighted by molar-refractivity contribution is -0.305. The number of methoxy groups -OCH3 is 1. The van der Waals surface area contributed by atoms with E-state index in [9.17, 15) is 24.6 Å². The first kappa shape index (κ1) is 17.2. The molecule has 0 fully saturated rings. The van der Waals surface area contributed by atoms with Crippen molar-refractivity contribution < 1.29 is 29.3 Å². The molecule has 0 radical (unpaired) electrons. The van der Waals surface area contributed by atoms with E-state index in [2.05, 4.69) is 0 Å². The van der Waals surface area contributed by atoms with Crippen molar-refractivity contribution in [2.24, 2.45) is 0 Å². The molecular formula is C19H14NO6-. The fourth-order valence-electron chi connectivity index (χ4n) is 2.78. The van der Waals surface area contributed by atoms with E-state index in [0.717, 1.165) is 0 Å². The molecule has 0 saturated carbocycles. The number of amides is 2. The van der Waals surface area contributed by atoms with E-state index in [-0.39, 0.29) is 22.6 Å². The molecule has 2 aromatic rings. The molecule has 26 heavy (non-hydrogen) atoms. The minimum Gasteiger partial charge on any atom is -0.548 e. The SMILES string of the molecule is COc1ccc(/C=C2\C(=O)N(CC(=O)[O-])C(=O)c3ccccc32)cc1O. The van der Waals surface area contributed by atoms with Gasteiger partial charge in [-0.1, -0.05) is 24.3 Å². The number of carboxylic acid groups (broad SMARTS) is 1. The van der Waals surface area contributed by atoms with E-state index in [1.807, 2.05) is 0 Å². The second-order valence-corrected chi connectivity index (χ2v) is 5.60. The Morgan fingerprint density at radius 1 is 1.15 bits per heavy atom. The van der Waals surface area contributed by atoms with E-state index in [1.54, 1.807) is 24.3 Å². The van der Waals surface area contributed by atoms with Crippen molar-refractivity contribution >= 4 is 29.4 Å². The number of rotatable bonds is 4. The van der Waals surface area contributed by atoms with Crippen LogP contribution in [0.2, 0.25) is 0 Å². The summed E-state index contributed by atoms with van der Waals surface area (Å²) in [5.74, 6) is -2.80. The molecule has 0 aromatic heterocycles. The number of benzene rings is 2. The van der Waals surface area contributed by atoms with Crippen molar-refractivity contribution in [2.45, 2.75) is 0 Å². The van der Waals surface area contributed by atoms with Gasteiger partial charge in [0.1, 0.15) is 0 Å².